The van der Waals surface area contributed by atoms with E-state index in [4.69, 9.17) is 14.6 Å². The molecule has 1 heterocycles. The molecule has 0 aliphatic carbocycles. The highest BCUT2D eigenvalue weighted by atomic mass is 16.5. The number of fused-ring (bicyclic) bond motifs is 1. The maximum absolute atomic E-state index is 11.2. The first kappa shape index (κ1) is 10.4. The lowest BCUT2D eigenvalue weighted by Crippen LogP contribution is -2.02. The number of hydrogen-bond acceptors (Lipinski definition) is 3. The summed E-state index contributed by atoms with van der Waals surface area (Å²) in [6.45, 7) is 0. The predicted molar refractivity (Wildman–Crippen MR) is 58.4 cm³/mol. The average Bonchev–Trinajstić information content (AvgIpc) is 2.74. The molecule has 2 rings (SSSR count). The summed E-state index contributed by atoms with van der Waals surface area (Å²) in [5.41, 5.74) is 0.618. The van der Waals surface area contributed by atoms with Gasteiger partial charge in [0.2, 0.25) is 0 Å². The summed E-state index contributed by atoms with van der Waals surface area (Å²) in [6, 6.07) is 3.33. The predicted octanol–water partition coefficient (Wildman–Crippen LogP) is 1.88. The zero-order valence-corrected chi connectivity index (χ0v) is 8.90. The molecule has 2 aromatic rings. The topological polar surface area (TPSA) is 71.5 Å². The van der Waals surface area contributed by atoms with Crippen molar-refractivity contribution >= 4 is 16.9 Å². The fourth-order valence-corrected chi connectivity index (χ4v) is 1.72. The highest BCUT2D eigenvalue weighted by Crippen LogP contribution is 2.34. The molecular formula is C11H11NO4. The Morgan fingerprint density at radius 1 is 1.31 bits per heavy atom. The van der Waals surface area contributed by atoms with E-state index in [9.17, 15) is 4.79 Å². The van der Waals surface area contributed by atoms with Crippen molar-refractivity contribution < 1.29 is 19.4 Å². The minimum atomic E-state index is -1.04. The van der Waals surface area contributed by atoms with Crippen molar-refractivity contribution in [3.63, 3.8) is 0 Å². The number of carbonyl (C=O) groups is 1. The van der Waals surface area contributed by atoms with E-state index in [-0.39, 0.29) is 11.3 Å². The number of aromatic nitrogens is 1. The molecule has 0 amide bonds. The van der Waals surface area contributed by atoms with Crippen LogP contribution in [0.4, 0.5) is 0 Å². The maximum Gasteiger partial charge on any atom is 0.341 e. The van der Waals surface area contributed by atoms with Crippen LogP contribution in [0.3, 0.4) is 0 Å². The van der Waals surface area contributed by atoms with Crippen molar-refractivity contribution in [1.82, 2.24) is 4.98 Å². The van der Waals surface area contributed by atoms with Crippen molar-refractivity contribution in [2.45, 2.75) is 0 Å². The fraction of sp³-hybridized carbons (Fsp3) is 0.182. The largest absolute Gasteiger partial charge is 0.496 e. The first-order valence-corrected chi connectivity index (χ1v) is 4.64. The highest BCUT2D eigenvalue weighted by molar-refractivity contribution is 6.06. The van der Waals surface area contributed by atoms with Gasteiger partial charge in [-0.1, -0.05) is 0 Å². The van der Waals surface area contributed by atoms with E-state index >= 15 is 0 Å². The van der Waals surface area contributed by atoms with E-state index in [2.05, 4.69) is 4.98 Å². The molecule has 0 unspecified atom stereocenters. The summed E-state index contributed by atoms with van der Waals surface area (Å²) in [5, 5.41) is 9.86. The minimum absolute atomic E-state index is 0.114. The summed E-state index contributed by atoms with van der Waals surface area (Å²) in [5.74, 6) is -0.177. The van der Waals surface area contributed by atoms with Gasteiger partial charge >= 0.3 is 5.97 Å². The first-order chi connectivity index (χ1) is 7.69. The normalized spacial score (nSPS) is 10.4. The Labute approximate surface area is 91.6 Å². The average molecular weight is 221 g/mol. The third kappa shape index (κ3) is 1.37. The number of carboxylic acids is 1. The molecule has 5 nitrogen and oxygen atoms in total. The summed E-state index contributed by atoms with van der Waals surface area (Å²) in [4.78, 5) is 14.0. The van der Waals surface area contributed by atoms with E-state index in [1.165, 1.54) is 14.2 Å². The standard InChI is InChI=1S/C11H11NO4/c1-15-7-5-8(16-2)9(11(13)14)10-6(7)3-4-12-10/h3-5,12H,1-2H3,(H,13,14). The van der Waals surface area contributed by atoms with Crippen LogP contribution >= 0.6 is 0 Å². The molecule has 0 saturated carbocycles. The lowest BCUT2D eigenvalue weighted by Gasteiger charge is -2.09. The van der Waals surface area contributed by atoms with Gasteiger partial charge in [0.1, 0.15) is 17.1 Å². The number of ether oxygens (including phenoxy) is 2. The number of aromatic carboxylic acids is 1. The van der Waals surface area contributed by atoms with Gasteiger partial charge in [-0.25, -0.2) is 4.79 Å². The lowest BCUT2D eigenvalue weighted by molar-refractivity contribution is 0.0695. The van der Waals surface area contributed by atoms with Gasteiger partial charge in [0.15, 0.2) is 0 Å². The molecule has 0 saturated heterocycles. The molecule has 2 N–H and O–H groups in total. The van der Waals surface area contributed by atoms with Gasteiger partial charge < -0.3 is 19.6 Å². The molecule has 0 aliphatic heterocycles. The Kier molecular flexibility index (Phi) is 2.44. The van der Waals surface area contributed by atoms with Gasteiger partial charge in [0, 0.05) is 17.6 Å². The van der Waals surface area contributed by atoms with Gasteiger partial charge in [0.05, 0.1) is 19.7 Å². The Morgan fingerprint density at radius 3 is 2.56 bits per heavy atom. The summed E-state index contributed by atoms with van der Waals surface area (Å²) in [6.07, 6.45) is 1.67. The third-order valence-electron chi connectivity index (χ3n) is 2.42. The number of carboxylic acid groups (broad SMARTS) is 1. The van der Waals surface area contributed by atoms with E-state index in [1.54, 1.807) is 18.3 Å². The smallest absolute Gasteiger partial charge is 0.341 e. The van der Waals surface area contributed by atoms with Crippen LogP contribution in [0.15, 0.2) is 18.3 Å². The SMILES string of the molecule is COc1cc(OC)c2cc[nH]c2c1C(=O)O. The second kappa shape index (κ2) is 3.77. The van der Waals surface area contributed by atoms with Crippen LogP contribution in [-0.4, -0.2) is 30.3 Å². The van der Waals surface area contributed by atoms with Crippen LogP contribution in [0.2, 0.25) is 0 Å². The Bertz CT molecular complexity index is 544. The molecule has 0 aliphatic rings. The first-order valence-electron chi connectivity index (χ1n) is 4.64. The number of aromatic amines is 1. The minimum Gasteiger partial charge on any atom is -0.496 e. The van der Waals surface area contributed by atoms with Crippen molar-refractivity contribution in [2.24, 2.45) is 0 Å². The van der Waals surface area contributed by atoms with Crippen molar-refractivity contribution in [1.29, 1.82) is 0 Å². The second-order valence-corrected chi connectivity index (χ2v) is 3.23. The molecule has 0 fully saturated rings. The number of H-pyrrole nitrogens is 1. The van der Waals surface area contributed by atoms with E-state index in [1.807, 2.05) is 0 Å². The molecule has 0 spiro atoms. The number of benzene rings is 1. The third-order valence-corrected chi connectivity index (χ3v) is 2.42. The maximum atomic E-state index is 11.2. The highest BCUT2D eigenvalue weighted by Gasteiger charge is 2.19. The molecule has 84 valence electrons. The Morgan fingerprint density at radius 2 is 2.00 bits per heavy atom. The zero-order chi connectivity index (χ0) is 11.7. The van der Waals surface area contributed by atoms with Gasteiger partial charge in [-0.05, 0) is 6.07 Å². The molecular weight excluding hydrogens is 210 g/mol. The van der Waals surface area contributed by atoms with Crippen molar-refractivity contribution in [3.05, 3.63) is 23.9 Å². The Hall–Kier alpha value is -2.17. The molecule has 1 aromatic heterocycles. The van der Waals surface area contributed by atoms with Crippen molar-refractivity contribution in [2.75, 3.05) is 14.2 Å². The van der Waals surface area contributed by atoms with Crippen LogP contribution in [0.5, 0.6) is 11.5 Å². The van der Waals surface area contributed by atoms with E-state index < -0.39 is 5.97 Å². The number of methoxy groups -OCH3 is 2. The molecule has 1 aromatic carbocycles. The lowest BCUT2D eigenvalue weighted by atomic mass is 10.1. The quantitative estimate of drug-likeness (QED) is 0.830. The monoisotopic (exact) mass is 221 g/mol. The fourth-order valence-electron chi connectivity index (χ4n) is 1.72. The zero-order valence-electron chi connectivity index (χ0n) is 8.90. The van der Waals surface area contributed by atoms with Crippen LogP contribution in [0.25, 0.3) is 10.9 Å². The molecule has 0 atom stereocenters. The van der Waals surface area contributed by atoms with E-state index in [0.717, 1.165) is 5.39 Å². The summed E-state index contributed by atoms with van der Waals surface area (Å²) >= 11 is 0. The van der Waals surface area contributed by atoms with Gasteiger partial charge in [-0.3, -0.25) is 0 Å². The van der Waals surface area contributed by atoms with Gasteiger partial charge in [0.25, 0.3) is 0 Å². The number of nitrogens with one attached hydrogen (secondary N) is 1. The molecule has 0 bridgehead atoms. The molecule has 5 heteroatoms. The van der Waals surface area contributed by atoms with Crippen LogP contribution in [0.1, 0.15) is 10.4 Å². The van der Waals surface area contributed by atoms with Gasteiger partial charge in [-0.2, -0.15) is 0 Å². The van der Waals surface area contributed by atoms with Crippen LogP contribution in [0, 0.1) is 0 Å². The summed E-state index contributed by atoms with van der Waals surface area (Å²) in [7, 11) is 2.96. The number of hydrogen-bond donors (Lipinski definition) is 2. The van der Waals surface area contributed by atoms with Crippen LogP contribution in [-0.2, 0) is 0 Å². The van der Waals surface area contributed by atoms with E-state index in [0.29, 0.717) is 11.3 Å². The van der Waals surface area contributed by atoms with Crippen molar-refractivity contribution in [3.8, 4) is 11.5 Å². The van der Waals surface area contributed by atoms with Crippen LogP contribution < -0.4 is 9.47 Å². The number of rotatable bonds is 3. The molecule has 16 heavy (non-hydrogen) atoms. The second-order valence-electron chi connectivity index (χ2n) is 3.23. The summed E-state index contributed by atoms with van der Waals surface area (Å²) < 4.78 is 10.2. The molecule has 0 radical (unpaired) electrons. The Balaban J connectivity index is 2.85. The van der Waals surface area contributed by atoms with Gasteiger partial charge in [-0.15, -0.1) is 0 Å².